The number of pyridine rings is 2. The first-order valence-corrected chi connectivity index (χ1v) is 11.4. The number of anilines is 1. The molecule has 0 radical (unpaired) electrons. The summed E-state index contributed by atoms with van der Waals surface area (Å²) in [5, 5.41) is 1.64. The SMILES string of the molecule is COc1cnc(N(N)/C=C\N)c2[nH]cc(C(=O)C(=O)N3CCc4c(cccc4-c4ccccn4)C3)c12. The second-order valence-corrected chi connectivity index (χ2v) is 8.32. The van der Waals surface area contributed by atoms with E-state index < -0.39 is 11.7 Å². The molecule has 10 nitrogen and oxygen atoms in total. The van der Waals surface area contributed by atoms with Gasteiger partial charge in [-0.3, -0.25) is 19.6 Å². The zero-order valence-corrected chi connectivity index (χ0v) is 19.6. The quantitative estimate of drug-likeness (QED) is 0.164. The van der Waals surface area contributed by atoms with E-state index in [4.69, 9.17) is 16.3 Å². The number of rotatable bonds is 6. The first-order chi connectivity index (χ1) is 17.5. The number of carbonyl (C=O) groups excluding carboxylic acids is 2. The van der Waals surface area contributed by atoms with E-state index in [1.807, 2.05) is 36.4 Å². The van der Waals surface area contributed by atoms with E-state index in [1.54, 1.807) is 11.1 Å². The van der Waals surface area contributed by atoms with Crippen LogP contribution in [0.25, 0.3) is 22.2 Å². The van der Waals surface area contributed by atoms with Gasteiger partial charge in [0.2, 0.25) is 0 Å². The number of hydrogen-bond acceptors (Lipinski definition) is 8. The number of H-pyrrole nitrogens is 1. The van der Waals surface area contributed by atoms with Crippen molar-refractivity contribution in [2.45, 2.75) is 13.0 Å². The van der Waals surface area contributed by atoms with Crippen LogP contribution in [-0.2, 0) is 17.8 Å². The number of nitrogens with zero attached hydrogens (tertiary/aromatic N) is 4. The van der Waals surface area contributed by atoms with Crippen LogP contribution in [0, 0.1) is 0 Å². The van der Waals surface area contributed by atoms with Gasteiger partial charge in [-0.05, 0) is 29.7 Å². The Balaban J connectivity index is 1.46. The highest BCUT2D eigenvalue weighted by Crippen LogP contribution is 2.34. The molecule has 1 aliphatic heterocycles. The number of carbonyl (C=O) groups is 2. The van der Waals surface area contributed by atoms with Crippen LogP contribution in [0.5, 0.6) is 5.75 Å². The molecule has 0 saturated heterocycles. The Hall–Kier alpha value is -4.70. The van der Waals surface area contributed by atoms with Crippen molar-refractivity contribution in [3.63, 3.8) is 0 Å². The Bertz CT molecular complexity index is 1480. The minimum Gasteiger partial charge on any atom is -0.494 e. The van der Waals surface area contributed by atoms with Gasteiger partial charge in [-0.2, -0.15) is 0 Å². The molecular formula is C26H25N7O3. The number of aromatic nitrogens is 3. The molecule has 0 aliphatic carbocycles. The van der Waals surface area contributed by atoms with Crippen molar-refractivity contribution in [3.8, 4) is 17.0 Å². The van der Waals surface area contributed by atoms with E-state index in [0.717, 1.165) is 22.4 Å². The molecule has 4 heterocycles. The Morgan fingerprint density at radius 1 is 1.19 bits per heavy atom. The van der Waals surface area contributed by atoms with Crippen LogP contribution in [0.15, 0.2) is 67.4 Å². The molecule has 0 spiro atoms. The van der Waals surface area contributed by atoms with Crippen molar-refractivity contribution in [3.05, 3.63) is 84.1 Å². The minimum atomic E-state index is -0.640. The molecule has 0 atom stereocenters. The number of methoxy groups -OCH3 is 1. The predicted octanol–water partition coefficient (Wildman–Crippen LogP) is 2.51. The van der Waals surface area contributed by atoms with Gasteiger partial charge < -0.3 is 20.4 Å². The lowest BCUT2D eigenvalue weighted by molar-refractivity contribution is -0.127. The third-order valence-electron chi connectivity index (χ3n) is 6.30. The fraction of sp³-hybridized carbons (Fsp3) is 0.154. The number of hydrogen-bond donors (Lipinski definition) is 3. The molecule has 5 rings (SSSR count). The maximum atomic E-state index is 13.4. The van der Waals surface area contributed by atoms with Crippen molar-refractivity contribution in [2.75, 3.05) is 18.7 Å². The third-order valence-corrected chi connectivity index (χ3v) is 6.30. The summed E-state index contributed by atoms with van der Waals surface area (Å²) < 4.78 is 5.43. The highest BCUT2D eigenvalue weighted by atomic mass is 16.5. The molecule has 1 aromatic carbocycles. The fourth-order valence-electron chi connectivity index (χ4n) is 4.60. The van der Waals surface area contributed by atoms with Crippen molar-refractivity contribution in [2.24, 2.45) is 11.6 Å². The van der Waals surface area contributed by atoms with Crippen LogP contribution >= 0.6 is 0 Å². The zero-order chi connectivity index (χ0) is 25.2. The van der Waals surface area contributed by atoms with Crippen LogP contribution in [0.3, 0.4) is 0 Å². The zero-order valence-electron chi connectivity index (χ0n) is 19.6. The van der Waals surface area contributed by atoms with Crippen LogP contribution < -0.4 is 21.3 Å². The van der Waals surface area contributed by atoms with Crippen molar-refractivity contribution < 1.29 is 14.3 Å². The van der Waals surface area contributed by atoms with E-state index in [9.17, 15) is 9.59 Å². The lowest BCUT2D eigenvalue weighted by atomic mass is 9.92. The number of benzene rings is 1. The average Bonchev–Trinajstić information content (AvgIpc) is 3.37. The number of nitrogens with two attached hydrogens (primary N) is 2. The second-order valence-electron chi connectivity index (χ2n) is 8.32. The molecule has 0 saturated carbocycles. The number of nitrogens with one attached hydrogen (secondary N) is 1. The molecule has 3 aromatic heterocycles. The number of ether oxygens (including phenoxy) is 1. The number of amides is 1. The van der Waals surface area contributed by atoms with Crippen LogP contribution in [0.1, 0.15) is 21.5 Å². The molecule has 1 amide bonds. The standard InChI is InChI=1S/C26H25N7O3/c1-36-21-14-31-25(33(28)12-9-27)23-22(21)19(13-30-23)24(34)26(35)32-11-8-17-16(15-32)5-4-6-18(17)20-7-2-3-10-29-20/h2-7,9-10,12-14,30H,8,11,15,27-28H2,1H3/b12-9-. The molecular weight excluding hydrogens is 458 g/mol. The second kappa shape index (κ2) is 9.51. The van der Waals surface area contributed by atoms with Crippen LogP contribution in [0.4, 0.5) is 5.82 Å². The van der Waals surface area contributed by atoms with Gasteiger partial charge >= 0.3 is 0 Å². The lowest BCUT2D eigenvalue weighted by Crippen LogP contribution is -2.40. The normalized spacial score (nSPS) is 13.1. The number of fused-ring (bicyclic) bond motifs is 2. The Labute approximate surface area is 207 Å². The molecule has 0 fully saturated rings. The van der Waals surface area contributed by atoms with Gasteiger partial charge in [-0.1, -0.05) is 24.3 Å². The highest BCUT2D eigenvalue weighted by Gasteiger charge is 2.31. The Kier molecular flexibility index (Phi) is 6.09. The molecule has 5 N–H and O–H groups in total. The molecule has 10 heteroatoms. The first kappa shape index (κ1) is 23.1. The highest BCUT2D eigenvalue weighted by molar-refractivity contribution is 6.45. The average molecular weight is 484 g/mol. The summed E-state index contributed by atoms with van der Waals surface area (Å²) in [5.41, 5.74) is 10.2. The molecule has 0 unspecified atom stereocenters. The maximum absolute atomic E-state index is 13.4. The summed E-state index contributed by atoms with van der Waals surface area (Å²) in [4.78, 5) is 40.1. The van der Waals surface area contributed by atoms with E-state index >= 15 is 0 Å². The summed E-state index contributed by atoms with van der Waals surface area (Å²) in [7, 11) is 1.47. The van der Waals surface area contributed by atoms with Gasteiger partial charge in [0.05, 0.1) is 35.5 Å². The summed E-state index contributed by atoms with van der Waals surface area (Å²) in [6.07, 6.45) is 8.01. The van der Waals surface area contributed by atoms with Gasteiger partial charge in [0.25, 0.3) is 11.7 Å². The summed E-state index contributed by atoms with van der Waals surface area (Å²) in [6, 6.07) is 11.8. The number of Topliss-reactive ketones (excluding diaryl/α,β-unsaturated/α-hetero) is 1. The predicted molar refractivity (Wildman–Crippen MR) is 136 cm³/mol. The summed E-state index contributed by atoms with van der Waals surface area (Å²) >= 11 is 0. The fourth-order valence-corrected chi connectivity index (χ4v) is 4.60. The van der Waals surface area contributed by atoms with Crippen molar-refractivity contribution >= 4 is 28.4 Å². The largest absolute Gasteiger partial charge is 0.494 e. The summed E-state index contributed by atoms with van der Waals surface area (Å²) in [5.74, 6) is 5.45. The van der Waals surface area contributed by atoms with Crippen LogP contribution in [-0.4, -0.2) is 45.2 Å². The van der Waals surface area contributed by atoms with Gasteiger partial charge in [0, 0.05) is 43.4 Å². The third kappa shape index (κ3) is 3.93. The molecule has 4 aromatic rings. The van der Waals surface area contributed by atoms with Crippen LogP contribution in [0.2, 0.25) is 0 Å². The van der Waals surface area contributed by atoms with Crippen molar-refractivity contribution in [1.82, 2.24) is 19.9 Å². The molecule has 36 heavy (non-hydrogen) atoms. The Morgan fingerprint density at radius 2 is 2.06 bits per heavy atom. The number of aromatic amines is 1. The van der Waals surface area contributed by atoms with E-state index in [0.29, 0.717) is 42.0 Å². The van der Waals surface area contributed by atoms with Crippen molar-refractivity contribution in [1.29, 1.82) is 0 Å². The number of hydrazine groups is 1. The lowest BCUT2D eigenvalue weighted by Gasteiger charge is -2.29. The topological polar surface area (TPSA) is 143 Å². The Morgan fingerprint density at radius 3 is 2.81 bits per heavy atom. The smallest absolute Gasteiger partial charge is 0.295 e. The van der Waals surface area contributed by atoms with Gasteiger partial charge in [0.1, 0.15) is 5.75 Å². The van der Waals surface area contributed by atoms with E-state index in [-0.39, 0.29) is 5.56 Å². The molecule has 0 bridgehead atoms. The van der Waals surface area contributed by atoms with Gasteiger partial charge in [0.15, 0.2) is 5.82 Å². The van der Waals surface area contributed by atoms with Gasteiger partial charge in [-0.15, -0.1) is 0 Å². The molecule has 1 aliphatic rings. The first-order valence-electron chi connectivity index (χ1n) is 11.4. The monoisotopic (exact) mass is 483 g/mol. The minimum absolute atomic E-state index is 0.189. The summed E-state index contributed by atoms with van der Waals surface area (Å²) in [6.45, 7) is 0.760. The van der Waals surface area contributed by atoms with E-state index in [2.05, 4.69) is 15.0 Å². The number of ketones is 1. The van der Waals surface area contributed by atoms with Gasteiger partial charge in [-0.25, -0.2) is 10.8 Å². The molecule has 182 valence electrons. The van der Waals surface area contributed by atoms with E-state index in [1.165, 1.54) is 36.9 Å². The maximum Gasteiger partial charge on any atom is 0.295 e.